The van der Waals surface area contributed by atoms with Gasteiger partial charge in [-0.1, -0.05) is 18.2 Å². The third-order valence-corrected chi connectivity index (χ3v) is 5.30. The zero-order valence-electron chi connectivity index (χ0n) is 13.8. The van der Waals surface area contributed by atoms with E-state index in [-0.39, 0.29) is 17.2 Å². The maximum Gasteiger partial charge on any atom is 0.246 e. The van der Waals surface area contributed by atoms with E-state index in [1.54, 1.807) is 18.2 Å². The SMILES string of the molecule is CCOc1ccccc1CN(C)S(=O)(=O)c1cc(F)ccc1OC. The second kappa shape index (κ2) is 7.63. The minimum absolute atomic E-state index is 0.0954. The molecule has 0 fully saturated rings. The van der Waals surface area contributed by atoms with Crippen LogP contribution in [0.4, 0.5) is 4.39 Å². The minimum atomic E-state index is -3.92. The topological polar surface area (TPSA) is 55.8 Å². The Hall–Kier alpha value is -2.12. The number of hydrogen-bond donors (Lipinski definition) is 0. The number of ether oxygens (including phenoxy) is 2. The van der Waals surface area contributed by atoms with Crippen molar-refractivity contribution >= 4 is 10.0 Å². The average Bonchev–Trinajstić information content (AvgIpc) is 2.56. The van der Waals surface area contributed by atoms with Crippen LogP contribution in [0.2, 0.25) is 0 Å². The Morgan fingerprint density at radius 1 is 1.12 bits per heavy atom. The number of benzene rings is 2. The van der Waals surface area contributed by atoms with Crippen LogP contribution in [0, 0.1) is 5.82 Å². The summed E-state index contributed by atoms with van der Waals surface area (Å²) in [5.41, 5.74) is 0.723. The van der Waals surface area contributed by atoms with Gasteiger partial charge in [-0.25, -0.2) is 12.8 Å². The van der Waals surface area contributed by atoms with E-state index < -0.39 is 15.8 Å². The summed E-state index contributed by atoms with van der Waals surface area (Å²) >= 11 is 0. The van der Waals surface area contributed by atoms with E-state index in [0.717, 1.165) is 22.0 Å². The molecule has 2 aromatic carbocycles. The molecule has 0 bridgehead atoms. The van der Waals surface area contributed by atoms with Crippen LogP contribution in [0.25, 0.3) is 0 Å². The van der Waals surface area contributed by atoms with Crippen molar-refractivity contribution in [2.24, 2.45) is 0 Å². The van der Waals surface area contributed by atoms with Gasteiger partial charge in [-0.05, 0) is 31.2 Å². The standard InChI is InChI=1S/C17H20FNO4S/c1-4-23-15-8-6-5-7-13(15)12-19(2)24(20,21)17-11-14(18)9-10-16(17)22-3/h5-11H,4,12H2,1-3H3. The first-order valence-corrected chi connectivity index (χ1v) is 8.84. The highest BCUT2D eigenvalue weighted by atomic mass is 32.2. The summed E-state index contributed by atoms with van der Waals surface area (Å²) < 4.78 is 50.8. The molecule has 130 valence electrons. The molecule has 0 spiro atoms. The Morgan fingerprint density at radius 2 is 1.83 bits per heavy atom. The van der Waals surface area contributed by atoms with Crippen LogP contribution in [0.1, 0.15) is 12.5 Å². The van der Waals surface area contributed by atoms with Crippen molar-refractivity contribution in [1.29, 1.82) is 0 Å². The molecular weight excluding hydrogens is 333 g/mol. The van der Waals surface area contributed by atoms with Crippen LogP contribution in [0.3, 0.4) is 0 Å². The number of rotatable bonds is 7. The van der Waals surface area contributed by atoms with E-state index >= 15 is 0 Å². The first-order chi connectivity index (χ1) is 11.4. The molecule has 0 atom stereocenters. The van der Waals surface area contributed by atoms with Gasteiger partial charge in [0.15, 0.2) is 0 Å². The molecule has 2 rings (SSSR count). The smallest absolute Gasteiger partial charge is 0.246 e. The number of hydrogen-bond acceptors (Lipinski definition) is 4. The van der Waals surface area contributed by atoms with Gasteiger partial charge in [-0.3, -0.25) is 0 Å². The zero-order valence-corrected chi connectivity index (χ0v) is 14.6. The first kappa shape index (κ1) is 18.2. The van der Waals surface area contributed by atoms with Crippen LogP contribution >= 0.6 is 0 Å². The number of para-hydroxylation sites is 1. The van der Waals surface area contributed by atoms with Crippen molar-refractivity contribution in [3.63, 3.8) is 0 Å². The lowest BCUT2D eigenvalue weighted by atomic mass is 10.2. The molecule has 0 aliphatic heterocycles. The van der Waals surface area contributed by atoms with Crippen molar-refractivity contribution in [1.82, 2.24) is 4.31 Å². The van der Waals surface area contributed by atoms with Crippen molar-refractivity contribution in [3.8, 4) is 11.5 Å². The maximum atomic E-state index is 13.5. The molecule has 0 saturated carbocycles. The highest BCUT2D eigenvalue weighted by Crippen LogP contribution is 2.29. The summed E-state index contributed by atoms with van der Waals surface area (Å²) in [5.74, 6) is 0.0760. The molecule has 0 N–H and O–H groups in total. The van der Waals surface area contributed by atoms with E-state index in [1.165, 1.54) is 20.2 Å². The lowest BCUT2D eigenvalue weighted by Crippen LogP contribution is -2.27. The van der Waals surface area contributed by atoms with E-state index in [0.29, 0.717) is 12.4 Å². The quantitative estimate of drug-likeness (QED) is 0.768. The molecule has 7 heteroatoms. The molecule has 0 unspecified atom stereocenters. The third kappa shape index (κ3) is 3.85. The van der Waals surface area contributed by atoms with Gasteiger partial charge in [0, 0.05) is 19.2 Å². The van der Waals surface area contributed by atoms with Gasteiger partial charge < -0.3 is 9.47 Å². The highest BCUT2D eigenvalue weighted by Gasteiger charge is 2.26. The molecule has 24 heavy (non-hydrogen) atoms. The van der Waals surface area contributed by atoms with Crippen LogP contribution in [-0.2, 0) is 16.6 Å². The Morgan fingerprint density at radius 3 is 2.50 bits per heavy atom. The fraction of sp³-hybridized carbons (Fsp3) is 0.294. The van der Waals surface area contributed by atoms with E-state index in [4.69, 9.17) is 9.47 Å². The largest absolute Gasteiger partial charge is 0.495 e. The van der Waals surface area contributed by atoms with Crippen LogP contribution in [0.5, 0.6) is 11.5 Å². The van der Waals surface area contributed by atoms with E-state index in [9.17, 15) is 12.8 Å². The number of nitrogens with zero attached hydrogens (tertiary/aromatic N) is 1. The Kier molecular flexibility index (Phi) is 5.80. The van der Waals surface area contributed by atoms with Crippen LogP contribution in [-0.4, -0.2) is 33.5 Å². The summed E-state index contributed by atoms with van der Waals surface area (Å²) in [5, 5.41) is 0. The van der Waals surface area contributed by atoms with Gasteiger partial charge in [0.05, 0.1) is 13.7 Å². The fourth-order valence-corrected chi connectivity index (χ4v) is 3.59. The van der Waals surface area contributed by atoms with Crippen LogP contribution < -0.4 is 9.47 Å². The van der Waals surface area contributed by atoms with E-state index in [2.05, 4.69) is 0 Å². The molecular formula is C17H20FNO4S. The fourth-order valence-electron chi connectivity index (χ4n) is 2.28. The summed E-state index contributed by atoms with van der Waals surface area (Å²) in [6, 6.07) is 10.6. The Bertz CT molecular complexity index is 808. The summed E-state index contributed by atoms with van der Waals surface area (Å²) in [7, 11) is -1.14. The van der Waals surface area contributed by atoms with Gasteiger partial charge in [0.25, 0.3) is 0 Å². The number of methoxy groups -OCH3 is 1. The monoisotopic (exact) mass is 353 g/mol. The molecule has 0 aliphatic rings. The maximum absolute atomic E-state index is 13.5. The van der Waals surface area contributed by atoms with Crippen molar-refractivity contribution < 1.29 is 22.3 Å². The predicted molar refractivity (Wildman–Crippen MR) is 89.2 cm³/mol. The number of sulfonamides is 1. The van der Waals surface area contributed by atoms with Crippen molar-refractivity contribution in [2.75, 3.05) is 20.8 Å². The summed E-state index contributed by atoms with van der Waals surface area (Å²) in [4.78, 5) is -0.207. The summed E-state index contributed by atoms with van der Waals surface area (Å²) in [6.07, 6.45) is 0. The van der Waals surface area contributed by atoms with Gasteiger partial charge in [0.2, 0.25) is 10.0 Å². The minimum Gasteiger partial charge on any atom is -0.495 e. The molecule has 0 saturated heterocycles. The Labute approximate surface area is 141 Å². The zero-order chi connectivity index (χ0) is 17.7. The van der Waals surface area contributed by atoms with Crippen molar-refractivity contribution in [3.05, 3.63) is 53.8 Å². The third-order valence-electron chi connectivity index (χ3n) is 3.48. The second-order valence-electron chi connectivity index (χ2n) is 5.10. The first-order valence-electron chi connectivity index (χ1n) is 7.40. The lowest BCUT2D eigenvalue weighted by molar-refractivity contribution is 0.332. The molecule has 0 heterocycles. The predicted octanol–water partition coefficient (Wildman–Crippen LogP) is 3.05. The molecule has 5 nitrogen and oxygen atoms in total. The average molecular weight is 353 g/mol. The number of halogens is 1. The molecule has 2 aromatic rings. The van der Waals surface area contributed by atoms with Gasteiger partial charge in [-0.15, -0.1) is 0 Å². The molecule has 0 radical (unpaired) electrons. The molecule has 0 aromatic heterocycles. The van der Waals surface area contributed by atoms with Gasteiger partial charge >= 0.3 is 0 Å². The van der Waals surface area contributed by atoms with Gasteiger partial charge in [0.1, 0.15) is 22.2 Å². The Balaban J connectivity index is 2.35. The van der Waals surface area contributed by atoms with E-state index in [1.807, 2.05) is 13.0 Å². The molecule has 0 amide bonds. The normalized spacial score (nSPS) is 11.5. The summed E-state index contributed by atoms with van der Waals surface area (Å²) in [6.45, 7) is 2.43. The van der Waals surface area contributed by atoms with Gasteiger partial charge in [-0.2, -0.15) is 4.31 Å². The lowest BCUT2D eigenvalue weighted by Gasteiger charge is -2.20. The van der Waals surface area contributed by atoms with Crippen LogP contribution in [0.15, 0.2) is 47.4 Å². The molecule has 0 aliphatic carbocycles. The second-order valence-corrected chi connectivity index (χ2v) is 7.11. The van der Waals surface area contributed by atoms with Crippen molar-refractivity contribution in [2.45, 2.75) is 18.4 Å². The highest BCUT2D eigenvalue weighted by molar-refractivity contribution is 7.89.